The molecule has 0 bridgehead atoms. The lowest BCUT2D eigenvalue weighted by Crippen LogP contribution is -2.07. The molecule has 140 valence electrons. The van der Waals surface area contributed by atoms with E-state index >= 15 is 0 Å². The molecular formula is C19H20ClN5O2. The van der Waals surface area contributed by atoms with Crippen LogP contribution in [-0.2, 0) is 6.54 Å². The van der Waals surface area contributed by atoms with E-state index in [9.17, 15) is 0 Å². The van der Waals surface area contributed by atoms with Crippen molar-refractivity contribution in [3.05, 3.63) is 58.7 Å². The smallest absolute Gasteiger partial charge is 0.249 e. The Labute approximate surface area is 162 Å². The van der Waals surface area contributed by atoms with E-state index in [1.165, 1.54) is 11.1 Å². The summed E-state index contributed by atoms with van der Waals surface area (Å²) in [4.78, 5) is 4.44. The lowest BCUT2D eigenvalue weighted by atomic mass is 10.1. The first-order valence-electron chi connectivity index (χ1n) is 8.27. The van der Waals surface area contributed by atoms with Crippen molar-refractivity contribution in [3.8, 4) is 11.5 Å². The molecule has 0 spiro atoms. The van der Waals surface area contributed by atoms with Crippen LogP contribution in [0.2, 0.25) is 5.02 Å². The zero-order chi connectivity index (χ0) is 19.2. The van der Waals surface area contributed by atoms with Crippen LogP contribution in [0.3, 0.4) is 0 Å². The average molecular weight is 386 g/mol. The molecule has 0 unspecified atom stereocenters. The largest absolute Gasteiger partial charge is 0.495 e. The highest BCUT2D eigenvalue weighted by molar-refractivity contribution is 6.32. The van der Waals surface area contributed by atoms with Crippen LogP contribution >= 0.6 is 11.6 Å². The Hall–Kier alpha value is -3.06. The van der Waals surface area contributed by atoms with Crippen molar-refractivity contribution in [1.29, 1.82) is 0 Å². The summed E-state index contributed by atoms with van der Waals surface area (Å²) in [7, 11) is 3.11. The highest BCUT2D eigenvalue weighted by Crippen LogP contribution is 2.36. The normalized spacial score (nSPS) is 10.4. The van der Waals surface area contributed by atoms with E-state index in [1.807, 2.05) is 12.1 Å². The maximum absolute atomic E-state index is 6.13. The molecule has 0 saturated carbocycles. The van der Waals surface area contributed by atoms with Gasteiger partial charge in [0.2, 0.25) is 5.95 Å². The zero-order valence-corrected chi connectivity index (χ0v) is 16.0. The van der Waals surface area contributed by atoms with E-state index in [0.29, 0.717) is 40.5 Å². The van der Waals surface area contributed by atoms with Crippen molar-refractivity contribution < 1.29 is 9.47 Å². The van der Waals surface area contributed by atoms with E-state index < -0.39 is 0 Å². The van der Waals surface area contributed by atoms with Crippen molar-refractivity contribution in [3.63, 3.8) is 0 Å². The summed E-state index contributed by atoms with van der Waals surface area (Å²) in [6, 6.07) is 11.5. The van der Waals surface area contributed by atoms with Crippen molar-refractivity contribution >= 4 is 29.1 Å². The van der Waals surface area contributed by atoms with Gasteiger partial charge in [-0.3, -0.25) is 0 Å². The van der Waals surface area contributed by atoms with E-state index in [2.05, 4.69) is 44.9 Å². The van der Waals surface area contributed by atoms with Crippen molar-refractivity contribution in [1.82, 2.24) is 15.2 Å². The second-order valence-corrected chi connectivity index (χ2v) is 6.16. The molecule has 0 aliphatic heterocycles. The Kier molecular flexibility index (Phi) is 5.93. The van der Waals surface area contributed by atoms with Gasteiger partial charge in [-0.05, 0) is 18.1 Å². The van der Waals surface area contributed by atoms with Crippen molar-refractivity contribution in [2.75, 3.05) is 24.9 Å². The summed E-state index contributed by atoms with van der Waals surface area (Å²) in [6.07, 6.45) is 1.57. The van der Waals surface area contributed by atoms with Crippen LogP contribution in [0.25, 0.3) is 0 Å². The predicted octanol–water partition coefficient (Wildman–Crippen LogP) is 4.21. The Morgan fingerprint density at radius 3 is 2.59 bits per heavy atom. The molecule has 2 aromatic carbocycles. The summed E-state index contributed by atoms with van der Waals surface area (Å²) in [5.41, 5.74) is 3.02. The molecule has 27 heavy (non-hydrogen) atoms. The molecule has 1 heterocycles. The fourth-order valence-electron chi connectivity index (χ4n) is 2.51. The number of rotatable bonds is 7. The topological polar surface area (TPSA) is 81.2 Å². The molecule has 0 fully saturated rings. The van der Waals surface area contributed by atoms with E-state index in [1.54, 1.807) is 32.5 Å². The number of ether oxygens (including phenoxy) is 2. The Balaban J connectivity index is 1.77. The van der Waals surface area contributed by atoms with E-state index in [-0.39, 0.29) is 0 Å². The number of nitrogens with zero attached hydrogens (tertiary/aromatic N) is 3. The fourth-order valence-corrected chi connectivity index (χ4v) is 2.75. The van der Waals surface area contributed by atoms with Gasteiger partial charge in [0.25, 0.3) is 0 Å². The minimum atomic E-state index is 0.326. The summed E-state index contributed by atoms with van der Waals surface area (Å²) in [5, 5.41) is 14.8. The predicted molar refractivity (Wildman–Crippen MR) is 106 cm³/mol. The van der Waals surface area contributed by atoms with Gasteiger partial charge >= 0.3 is 0 Å². The van der Waals surface area contributed by atoms with Crippen LogP contribution in [-0.4, -0.2) is 29.4 Å². The number of nitrogens with one attached hydrogen (secondary N) is 2. The van der Waals surface area contributed by atoms with Gasteiger partial charge in [-0.15, -0.1) is 5.10 Å². The Bertz CT molecular complexity index is 936. The minimum Gasteiger partial charge on any atom is -0.495 e. The molecular weight excluding hydrogens is 366 g/mol. The number of aromatic nitrogens is 3. The molecule has 1 aromatic heterocycles. The van der Waals surface area contributed by atoms with Gasteiger partial charge in [0.1, 0.15) is 11.5 Å². The number of aryl methyl sites for hydroxylation is 1. The zero-order valence-electron chi connectivity index (χ0n) is 15.3. The molecule has 3 rings (SSSR count). The van der Waals surface area contributed by atoms with Gasteiger partial charge in [0.15, 0.2) is 5.82 Å². The van der Waals surface area contributed by atoms with Crippen LogP contribution in [0, 0.1) is 6.92 Å². The summed E-state index contributed by atoms with van der Waals surface area (Å²) >= 11 is 6.13. The third-order valence-electron chi connectivity index (χ3n) is 4.00. The molecule has 0 aliphatic rings. The SMILES string of the molecule is COc1cc(Nc2nncc(NCc3ccccc3C)n2)c(OC)cc1Cl. The van der Waals surface area contributed by atoms with Gasteiger partial charge in [-0.2, -0.15) is 10.1 Å². The maximum Gasteiger partial charge on any atom is 0.249 e. The van der Waals surface area contributed by atoms with Crippen LogP contribution in [0.5, 0.6) is 11.5 Å². The number of methoxy groups -OCH3 is 2. The van der Waals surface area contributed by atoms with Crippen LogP contribution < -0.4 is 20.1 Å². The molecule has 0 radical (unpaired) electrons. The number of halogens is 1. The number of benzene rings is 2. The first kappa shape index (κ1) is 18.7. The lowest BCUT2D eigenvalue weighted by Gasteiger charge is -2.13. The highest BCUT2D eigenvalue weighted by atomic mass is 35.5. The fraction of sp³-hybridized carbons (Fsp3) is 0.211. The Morgan fingerprint density at radius 2 is 1.85 bits per heavy atom. The minimum absolute atomic E-state index is 0.326. The summed E-state index contributed by atoms with van der Waals surface area (Å²) in [5.74, 6) is 1.99. The maximum atomic E-state index is 6.13. The van der Waals surface area contributed by atoms with Crippen molar-refractivity contribution in [2.45, 2.75) is 13.5 Å². The second kappa shape index (κ2) is 8.55. The van der Waals surface area contributed by atoms with Gasteiger partial charge in [-0.25, -0.2) is 0 Å². The monoisotopic (exact) mass is 385 g/mol. The van der Waals surface area contributed by atoms with Crippen molar-refractivity contribution in [2.24, 2.45) is 0 Å². The van der Waals surface area contributed by atoms with Gasteiger partial charge in [0, 0.05) is 18.7 Å². The second-order valence-electron chi connectivity index (χ2n) is 5.76. The molecule has 0 aliphatic carbocycles. The van der Waals surface area contributed by atoms with Gasteiger partial charge in [-0.1, -0.05) is 35.9 Å². The average Bonchev–Trinajstić information content (AvgIpc) is 2.68. The molecule has 2 N–H and O–H groups in total. The van der Waals surface area contributed by atoms with Crippen LogP contribution in [0.15, 0.2) is 42.6 Å². The lowest BCUT2D eigenvalue weighted by molar-refractivity contribution is 0.405. The molecule has 0 amide bonds. The van der Waals surface area contributed by atoms with Crippen LogP contribution in [0.1, 0.15) is 11.1 Å². The third-order valence-corrected chi connectivity index (χ3v) is 4.30. The standard InChI is InChI=1S/C19H20ClN5O2/c1-12-6-4-5-7-13(12)10-21-18-11-22-25-19(24-18)23-15-9-16(26-2)14(20)8-17(15)27-3/h4-9,11H,10H2,1-3H3,(H2,21,23,24,25). The Morgan fingerprint density at radius 1 is 1.07 bits per heavy atom. The van der Waals surface area contributed by atoms with E-state index in [0.717, 1.165) is 0 Å². The summed E-state index contributed by atoms with van der Waals surface area (Å²) < 4.78 is 10.6. The molecule has 3 aromatic rings. The molecule has 0 saturated heterocycles. The first-order chi connectivity index (χ1) is 13.1. The van der Waals surface area contributed by atoms with E-state index in [4.69, 9.17) is 21.1 Å². The number of hydrogen-bond donors (Lipinski definition) is 2. The molecule has 8 heteroatoms. The van der Waals surface area contributed by atoms with Crippen LogP contribution in [0.4, 0.5) is 17.5 Å². The van der Waals surface area contributed by atoms with Gasteiger partial charge in [0.05, 0.1) is 31.1 Å². The quantitative estimate of drug-likeness (QED) is 0.630. The van der Waals surface area contributed by atoms with Gasteiger partial charge < -0.3 is 20.1 Å². The summed E-state index contributed by atoms with van der Waals surface area (Å²) in [6.45, 7) is 2.71. The number of anilines is 3. The highest BCUT2D eigenvalue weighted by Gasteiger charge is 2.12. The number of hydrogen-bond acceptors (Lipinski definition) is 7. The first-order valence-corrected chi connectivity index (χ1v) is 8.65. The third kappa shape index (κ3) is 4.57. The molecule has 7 nitrogen and oxygen atoms in total. The molecule has 0 atom stereocenters.